The fourth-order valence-corrected chi connectivity index (χ4v) is 11.6. The minimum absolute atomic E-state index is 0.259. The Morgan fingerprint density at radius 1 is 0.556 bits per heavy atom. The van der Waals surface area contributed by atoms with Crippen molar-refractivity contribution in [3.8, 4) is 11.1 Å². The van der Waals surface area contributed by atoms with Crippen LogP contribution in [0.15, 0.2) is 162 Å². The van der Waals surface area contributed by atoms with E-state index >= 15 is 0 Å². The van der Waals surface area contributed by atoms with E-state index in [1.54, 1.807) is 16.0 Å². The largest absolute Gasteiger partial charge is 0.113 e. The first kappa shape index (κ1) is 26.4. The highest BCUT2D eigenvalue weighted by Gasteiger charge is 2.43. The predicted molar refractivity (Wildman–Crippen MR) is 193 cm³/mol. The lowest BCUT2D eigenvalue weighted by Gasteiger charge is -2.35. The van der Waals surface area contributed by atoms with Crippen molar-refractivity contribution in [1.82, 2.24) is 0 Å². The van der Waals surface area contributed by atoms with Crippen molar-refractivity contribution in [1.29, 1.82) is 0 Å². The Morgan fingerprint density at radius 3 is 2.09 bits per heavy atom. The van der Waals surface area contributed by atoms with Crippen LogP contribution in [0.4, 0.5) is 0 Å². The molecule has 1 heterocycles. The fraction of sp³-hybridized carbons (Fsp3) is 0.0909. The van der Waals surface area contributed by atoms with Crippen LogP contribution in [0.3, 0.4) is 0 Å². The molecule has 0 saturated carbocycles. The molecule has 0 aromatic heterocycles. The van der Waals surface area contributed by atoms with Gasteiger partial charge in [0.25, 0.3) is 0 Å². The molecule has 6 aromatic carbocycles. The van der Waals surface area contributed by atoms with Crippen LogP contribution in [0.5, 0.6) is 0 Å². The number of benzene rings is 6. The number of allylic oxidation sites excluding steroid dienone is 4. The lowest BCUT2D eigenvalue weighted by molar-refractivity contribution is 0.810. The Labute approximate surface area is 266 Å². The topological polar surface area (TPSA) is 0 Å². The molecule has 6 aromatic rings. The summed E-state index contributed by atoms with van der Waals surface area (Å²) < 4.78 is 0. The molecule has 9 rings (SSSR count). The maximum Gasteiger partial charge on any atom is 0.113 e. The van der Waals surface area contributed by atoms with Gasteiger partial charge in [0.1, 0.15) is 8.07 Å². The quantitative estimate of drug-likeness (QED) is 0.181. The number of fused-ring (bicyclic) bond motifs is 5. The maximum absolute atomic E-state index is 2.66. The molecular weight excluding hydrogens is 557 g/mol. The van der Waals surface area contributed by atoms with Crippen molar-refractivity contribution >= 4 is 40.8 Å². The first-order valence-corrected chi connectivity index (χ1v) is 19.1. The number of rotatable bonds is 3. The molecule has 3 aliphatic rings. The average molecular weight is 591 g/mol. The molecular formula is C44H34Si. The molecule has 0 amide bonds. The van der Waals surface area contributed by atoms with Crippen molar-refractivity contribution in [2.75, 3.05) is 0 Å². The van der Waals surface area contributed by atoms with Crippen molar-refractivity contribution in [2.24, 2.45) is 5.92 Å². The standard InChI is InChI=1S/C44H34Si/c1-45(2)41-25-11-10-21-34(41)38-27-39-40(28-42(38)45)44(35-24-13-17-30-16-6-7-20-33(30)35)37-23-9-8-22-36(37)43(39)32-19-12-18-31(26-32)29-14-4-3-5-15-29/h3-26,28,39H,27H2,1-2H3. The summed E-state index contributed by atoms with van der Waals surface area (Å²) in [5.41, 5.74) is 12.6. The third-order valence-electron chi connectivity index (χ3n) is 10.5. The van der Waals surface area contributed by atoms with Crippen LogP contribution in [0, 0.1) is 5.92 Å². The molecule has 0 N–H and O–H groups in total. The zero-order valence-corrected chi connectivity index (χ0v) is 26.7. The monoisotopic (exact) mass is 590 g/mol. The van der Waals surface area contributed by atoms with Gasteiger partial charge in [-0.15, -0.1) is 0 Å². The fourth-order valence-electron chi connectivity index (χ4n) is 8.40. The van der Waals surface area contributed by atoms with Crippen LogP contribution in [-0.2, 0) is 0 Å². The van der Waals surface area contributed by atoms with E-state index in [2.05, 4.69) is 165 Å². The smallest absolute Gasteiger partial charge is 0.0623 e. The normalized spacial score (nSPS) is 17.8. The first-order chi connectivity index (χ1) is 22.1. The molecule has 45 heavy (non-hydrogen) atoms. The Hall–Kier alpha value is -4.98. The second-order valence-corrected chi connectivity index (χ2v) is 17.6. The Balaban J connectivity index is 1.39. The molecule has 1 heteroatoms. The summed E-state index contributed by atoms with van der Waals surface area (Å²) in [5.74, 6) is 0.259. The lowest BCUT2D eigenvalue weighted by Crippen LogP contribution is -2.42. The van der Waals surface area contributed by atoms with Crippen molar-refractivity contribution < 1.29 is 0 Å². The van der Waals surface area contributed by atoms with Gasteiger partial charge in [0, 0.05) is 5.92 Å². The average Bonchev–Trinajstić information content (AvgIpc) is 3.32. The van der Waals surface area contributed by atoms with Crippen molar-refractivity contribution in [3.05, 3.63) is 190 Å². The molecule has 214 valence electrons. The van der Waals surface area contributed by atoms with Crippen LogP contribution in [0.1, 0.15) is 23.1 Å². The molecule has 0 spiro atoms. The molecule has 1 unspecified atom stereocenters. The van der Waals surface area contributed by atoms with Gasteiger partial charge < -0.3 is 0 Å². The summed E-state index contributed by atoms with van der Waals surface area (Å²) >= 11 is 0. The summed E-state index contributed by atoms with van der Waals surface area (Å²) in [6.45, 7) is 5.10. The second kappa shape index (κ2) is 10.0. The zero-order valence-electron chi connectivity index (χ0n) is 25.7. The van der Waals surface area contributed by atoms with Crippen LogP contribution < -0.4 is 15.6 Å². The van der Waals surface area contributed by atoms with Gasteiger partial charge in [-0.05, 0) is 89.0 Å². The van der Waals surface area contributed by atoms with E-state index in [4.69, 9.17) is 0 Å². The highest BCUT2D eigenvalue weighted by atomic mass is 28.3. The van der Waals surface area contributed by atoms with E-state index in [0.29, 0.717) is 0 Å². The highest BCUT2D eigenvalue weighted by molar-refractivity contribution is 6.99. The molecule has 0 fully saturated rings. The Bertz CT molecular complexity index is 2360. The van der Waals surface area contributed by atoms with E-state index < -0.39 is 8.07 Å². The second-order valence-electron chi connectivity index (χ2n) is 13.2. The van der Waals surface area contributed by atoms with Gasteiger partial charge in [0.2, 0.25) is 0 Å². The summed E-state index contributed by atoms with van der Waals surface area (Å²) in [6, 6.07) is 54.2. The molecule has 0 nitrogen and oxygen atoms in total. The van der Waals surface area contributed by atoms with Gasteiger partial charge in [-0.1, -0.05) is 164 Å². The molecule has 0 radical (unpaired) electrons. The van der Waals surface area contributed by atoms with E-state index in [1.165, 1.54) is 65.7 Å². The van der Waals surface area contributed by atoms with Crippen molar-refractivity contribution in [2.45, 2.75) is 19.5 Å². The highest BCUT2D eigenvalue weighted by Crippen LogP contribution is 2.50. The van der Waals surface area contributed by atoms with Gasteiger partial charge in [-0.25, -0.2) is 0 Å². The zero-order chi connectivity index (χ0) is 30.1. The molecule has 1 atom stereocenters. The minimum atomic E-state index is -1.85. The van der Waals surface area contributed by atoms with Gasteiger partial charge >= 0.3 is 0 Å². The van der Waals surface area contributed by atoms with Gasteiger partial charge in [-0.2, -0.15) is 0 Å². The summed E-state index contributed by atoms with van der Waals surface area (Å²) in [7, 11) is -1.85. The summed E-state index contributed by atoms with van der Waals surface area (Å²) in [6.07, 6.45) is 3.69. The lowest BCUT2D eigenvalue weighted by atomic mass is 9.70. The predicted octanol–water partition coefficient (Wildman–Crippen LogP) is 8.79. The van der Waals surface area contributed by atoms with E-state index in [1.807, 2.05) is 0 Å². The molecule has 2 aliphatic carbocycles. The molecule has 0 bridgehead atoms. The van der Waals surface area contributed by atoms with Gasteiger partial charge in [0.05, 0.1) is 0 Å². The van der Waals surface area contributed by atoms with E-state index in [9.17, 15) is 0 Å². The minimum Gasteiger partial charge on any atom is -0.0623 e. The SMILES string of the molecule is C[Si]1(C)C2=C(CC3C(=C2)C(c2cccc4ccccc24)=c2ccccc2=C3c2cccc(-c3ccccc3)c2)c2ccccc21. The maximum atomic E-state index is 2.66. The number of hydrogen-bond donors (Lipinski definition) is 0. The van der Waals surface area contributed by atoms with Crippen LogP contribution in [0.25, 0.3) is 38.6 Å². The van der Waals surface area contributed by atoms with Crippen LogP contribution in [0.2, 0.25) is 13.1 Å². The first-order valence-electron chi connectivity index (χ1n) is 16.1. The van der Waals surface area contributed by atoms with E-state index in [-0.39, 0.29) is 5.92 Å². The van der Waals surface area contributed by atoms with Crippen LogP contribution >= 0.6 is 0 Å². The summed E-state index contributed by atoms with van der Waals surface area (Å²) in [4.78, 5) is 0. The molecule has 1 aliphatic heterocycles. The third kappa shape index (κ3) is 3.97. The van der Waals surface area contributed by atoms with E-state index in [0.717, 1.165) is 6.42 Å². The number of hydrogen-bond acceptors (Lipinski definition) is 0. The van der Waals surface area contributed by atoms with Crippen molar-refractivity contribution in [3.63, 3.8) is 0 Å². The van der Waals surface area contributed by atoms with Gasteiger partial charge in [0.15, 0.2) is 0 Å². The molecule has 0 saturated heterocycles. The van der Waals surface area contributed by atoms with Crippen LogP contribution in [-0.4, -0.2) is 8.07 Å². The Kier molecular flexibility index (Phi) is 5.88. The summed E-state index contributed by atoms with van der Waals surface area (Å²) in [5, 5.41) is 8.52. The van der Waals surface area contributed by atoms with Gasteiger partial charge in [-0.3, -0.25) is 0 Å². The Morgan fingerprint density at radius 2 is 1.20 bits per heavy atom. The third-order valence-corrected chi connectivity index (χ3v) is 14.0.